The molecule has 0 aromatic carbocycles. The zero-order valence-corrected chi connectivity index (χ0v) is 6.60. The van der Waals surface area contributed by atoms with Crippen molar-refractivity contribution >= 4 is 21.7 Å². The Morgan fingerprint density at radius 2 is 2.45 bits per heavy atom. The number of hydrogen-bond acceptors (Lipinski definition) is 4. The van der Waals surface area contributed by atoms with Gasteiger partial charge in [-0.3, -0.25) is 4.79 Å². The lowest BCUT2D eigenvalue weighted by Gasteiger charge is -1.81. The van der Waals surface area contributed by atoms with Crippen molar-refractivity contribution in [3.05, 3.63) is 21.7 Å². The molecule has 56 valence electrons. The smallest absolute Gasteiger partial charge is 0.270 e. The van der Waals surface area contributed by atoms with Gasteiger partial charge >= 0.3 is 0 Å². The molecule has 0 bridgehead atoms. The molecule has 0 saturated heterocycles. The molecule has 0 aliphatic rings. The number of aryl methyl sites for hydroxylation is 1. The average molecular weight is 167 g/mol. The van der Waals surface area contributed by atoms with E-state index in [4.69, 9.17) is 0 Å². The largest absolute Gasteiger partial charge is 0.312 e. The summed E-state index contributed by atoms with van der Waals surface area (Å²) in [6.07, 6.45) is 1.36. The topological polar surface area (TPSA) is 58.6 Å². The first-order valence-corrected chi connectivity index (χ1v) is 3.90. The van der Waals surface area contributed by atoms with Gasteiger partial charge in [-0.1, -0.05) is 0 Å². The molecule has 0 radical (unpaired) electrons. The third-order valence-electron chi connectivity index (χ3n) is 1.30. The van der Waals surface area contributed by atoms with Gasteiger partial charge < -0.3 is 4.98 Å². The van der Waals surface area contributed by atoms with Crippen molar-refractivity contribution in [2.75, 3.05) is 0 Å². The third-order valence-corrected chi connectivity index (χ3v) is 2.26. The van der Waals surface area contributed by atoms with Gasteiger partial charge in [-0.25, -0.2) is 9.97 Å². The molecule has 0 atom stereocenters. The number of nitrogens with one attached hydrogen (secondary N) is 1. The summed E-state index contributed by atoms with van der Waals surface area (Å²) in [5.41, 5.74) is 0.428. The van der Waals surface area contributed by atoms with Crippen LogP contribution < -0.4 is 5.56 Å². The molecule has 0 aliphatic heterocycles. The van der Waals surface area contributed by atoms with Crippen LogP contribution in [0, 0.1) is 6.92 Å². The van der Waals surface area contributed by atoms with Gasteiger partial charge in [-0.15, -0.1) is 11.3 Å². The standard InChI is InChI=1S/C6H5N3OS/c1-3-9-5-4(11-3)6(10)8-2-7-5/h2H,1H3,(H,7,8,10). The number of thiazole rings is 1. The van der Waals surface area contributed by atoms with Crippen LogP contribution in [0.15, 0.2) is 11.1 Å². The Morgan fingerprint density at radius 1 is 1.64 bits per heavy atom. The second-order valence-corrected chi connectivity index (χ2v) is 3.32. The number of aromatic amines is 1. The molecule has 4 nitrogen and oxygen atoms in total. The van der Waals surface area contributed by atoms with Gasteiger partial charge in [0.2, 0.25) is 0 Å². The van der Waals surface area contributed by atoms with E-state index in [1.165, 1.54) is 17.7 Å². The monoisotopic (exact) mass is 167 g/mol. The van der Waals surface area contributed by atoms with Gasteiger partial charge in [0.1, 0.15) is 4.70 Å². The average Bonchev–Trinajstić information content (AvgIpc) is 2.31. The Kier molecular flexibility index (Phi) is 1.25. The molecule has 2 aromatic rings. The maximum atomic E-state index is 11.1. The van der Waals surface area contributed by atoms with E-state index in [1.807, 2.05) is 6.92 Å². The summed E-state index contributed by atoms with van der Waals surface area (Å²) < 4.78 is 0.602. The van der Waals surface area contributed by atoms with Crippen LogP contribution in [0.2, 0.25) is 0 Å². The van der Waals surface area contributed by atoms with Gasteiger partial charge in [0.15, 0.2) is 5.65 Å². The number of hydrogen-bond donors (Lipinski definition) is 1. The number of fused-ring (bicyclic) bond motifs is 1. The second kappa shape index (κ2) is 2.13. The lowest BCUT2D eigenvalue weighted by Crippen LogP contribution is -2.03. The molecule has 0 amide bonds. The van der Waals surface area contributed by atoms with Gasteiger partial charge in [-0.05, 0) is 6.92 Å². The van der Waals surface area contributed by atoms with E-state index in [0.29, 0.717) is 10.3 Å². The number of H-pyrrole nitrogens is 1. The van der Waals surface area contributed by atoms with E-state index in [0.717, 1.165) is 5.01 Å². The lowest BCUT2D eigenvalue weighted by molar-refractivity contribution is 1.15. The van der Waals surface area contributed by atoms with Gasteiger partial charge in [-0.2, -0.15) is 0 Å². The molecule has 11 heavy (non-hydrogen) atoms. The molecule has 2 rings (SSSR count). The van der Waals surface area contributed by atoms with E-state index < -0.39 is 0 Å². The van der Waals surface area contributed by atoms with Crippen molar-refractivity contribution < 1.29 is 0 Å². The molecular formula is C6H5N3OS. The van der Waals surface area contributed by atoms with Crippen LogP contribution in [0.25, 0.3) is 10.3 Å². The van der Waals surface area contributed by atoms with E-state index in [9.17, 15) is 4.79 Å². The molecule has 0 aliphatic carbocycles. The van der Waals surface area contributed by atoms with Crippen molar-refractivity contribution in [3.8, 4) is 0 Å². The minimum absolute atomic E-state index is 0.111. The fourth-order valence-electron chi connectivity index (χ4n) is 0.869. The Balaban J connectivity index is 3.02. The Hall–Kier alpha value is -1.23. The highest BCUT2D eigenvalue weighted by molar-refractivity contribution is 7.18. The zero-order valence-electron chi connectivity index (χ0n) is 5.79. The Morgan fingerprint density at radius 3 is 3.18 bits per heavy atom. The fourth-order valence-corrected chi connectivity index (χ4v) is 1.64. The summed E-state index contributed by atoms with van der Waals surface area (Å²) in [6.45, 7) is 1.85. The van der Waals surface area contributed by atoms with Crippen molar-refractivity contribution in [2.24, 2.45) is 0 Å². The molecule has 0 fully saturated rings. The normalized spacial score (nSPS) is 10.6. The molecule has 2 aromatic heterocycles. The minimum atomic E-state index is -0.111. The van der Waals surface area contributed by atoms with Crippen LogP contribution in [0.5, 0.6) is 0 Å². The minimum Gasteiger partial charge on any atom is -0.312 e. The van der Waals surface area contributed by atoms with Gasteiger partial charge in [0, 0.05) is 0 Å². The molecule has 5 heteroatoms. The molecule has 0 spiro atoms. The van der Waals surface area contributed by atoms with Gasteiger partial charge in [0.05, 0.1) is 11.3 Å². The Labute approximate surface area is 65.9 Å². The Bertz CT molecular complexity index is 444. The highest BCUT2D eigenvalue weighted by Crippen LogP contribution is 2.13. The van der Waals surface area contributed by atoms with Crippen LogP contribution in [0.3, 0.4) is 0 Å². The van der Waals surface area contributed by atoms with Crippen LogP contribution in [0.4, 0.5) is 0 Å². The number of aromatic nitrogens is 3. The molecular weight excluding hydrogens is 162 g/mol. The van der Waals surface area contributed by atoms with E-state index in [2.05, 4.69) is 15.0 Å². The van der Waals surface area contributed by atoms with Crippen molar-refractivity contribution in [2.45, 2.75) is 6.92 Å². The maximum absolute atomic E-state index is 11.1. The molecule has 1 N–H and O–H groups in total. The predicted molar refractivity (Wildman–Crippen MR) is 42.8 cm³/mol. The highest BCUT2D eigenvalue weighted by Gasteiger charge is 2.03. The summed E-state index contributed by atoms with van der Waals surface area (Å²) in [6, 6.07) is 0. The SMILES string of the molecule is Cc1nc2nc[nH]c(=O)c2s1. The molecule has 0 saturated carbocycles. The maximum Gasteiger partial charge on any atom is 0.270 e. The van der Waals surface area contributed by atoms with E-state index >= 15 is 0 Å². The third kappa shape index (κ3) is 0.932. The summed E-state index contributed by atoms with van der Waals surface area (Å²) in [5.74, 6) is 0. The first-order valence-electron chi connectivity index (χ1n) is 3.08. The summed E-state index contributed by atoms with van der Waals surface area (Å²) >= 11 is 1.36. The first kappa shape index (κ1) is 6.48. The van der Waals surface area contributed by atoms with Gasteiger partial charge in [0.25, 0.3) is 5.56 Å². The van der Waals surface area contributed by atoms with Crippen molar-refractivity contribution in [1.82, 2.24) is 15.0 Å². The van der Waals surface area contributed by atoms with Crippen LogP contribution in [-0.4, -0.2) is 15.0 Å². The fraction of sp³-hybridized carbons (Fsp3) is 0.167. The summed E-state index contributed by atoms with van der Waals surface area (Å²) in [5, 5.41) is 0.865. The van der Waals surface area contributed by atoms with E-state index in [1.54, 1.807) is 0 Å². The highest BCUT2D eigenvalue weighted by atomic mass is 32.1. The second-order valence-electron chi connectivity index (χ2n) is 2.12. The van der Waals surface area contributed by atoms with Crippen LogP contribution in [-0.2, 0) is 0 Å². The quantitative estimate of drug-likeness (QED) is 0.628. The van der Waals surface area contributed by atoms with Crippen LogP contribution >= 0.6 is 11.3 Å². The lowest BCUT2D eigenvalue weighted by atomic mass is 10.6. The predicted octanol–water partition coefficient (Wildman–Crippen LogP) is 0.688. The summed E-state index contributed by atoms with van der Waals surface area (Å²) in [4.78, 5) is 21.5. The first-order chi connectivity index (χ1) is 5.27. The van der Waals surface area contributed by atoms with Crippen molar-refractivity contribution in [1.29, 1.82) is 0 Å². The number of rotatable bonds is 0. The summed E-state index contributed by atoms with van der Waals surface area (Å²) in [7, 11) is 0. The molecule has 0 unspecified atom stereocenters. The van der Waals surface area contributed by atoms with E-state index in [-0.39, 0.29) is 5.56 Å². The van der Waals surface area contributed by atoms with Crippen LogP contribution in [0.1, 0.15) is 5.01 Å². The molecule has 2 heterocycles. The van der Waals surface area contributed by atoms with Crippen molar-refractivity contribution in [3.63, 3.8) is 0 Å². The zero-order chi connectivity index (χ0) is 7.84. The number of nitrogens with zero attached hydrogens (tertiary/aromatic N) is 2.